The van der Waals surface area contributed by atoms with E-state index in [0.717, 1.165) is 12.5 Å². The molecule has 2 rings (SSSR count). The van der Waals surface area contributed by atoms with Gasteiger partial charge in [-0.05, 0) is 37.6 Å². The van der Waals surface area contributed by atoms with E-state index >= 15 is 0 Å². The third-order valence-corrected chi connectivity index (χ3v) is 4.17. The number of nitrogens with zero attached hydrogens (tertiary/aromatic N) is 1. The van der Waals surface area contributed by atoms with E-state index in [1.54, 1.807) is 0 Å². The smallest absolute Gasteiger partial charge is 0.0934 e. The Morgan fingerprint density at radius 3 is 2.75 bits per heavy atom. The Balaban J connectivity index is 1.80. The number of hydrogen-bond donors (Lipinski definition) is 1. The molecule has 0 radical (unpaired) electrons. The topological polar surface area (TPSA) is 24.9 Å². The van der Waals surface area contributed by atoms with E-state index < -0.39 is 0 Å². The molecule has 16 heavy (non-hydrogen) atoms. The molecule has 2 nitrogen and oxygen atoms in total. The van der Waals surface area contributed by atoms with Gasteiger partial charge in [-0.3, -0.25) is 0 Å². The first kappa shape index (κ1) is 12.1. The average Bonchev–Trinajstić information content (AvgIpc) is 2.82. The van der Waals surface area contributed by atoms with Crippen molar-refractivity contribution in [3.05, 3.63) is 16.1 Å². The molecule has 1 aromatic heterocycles. The molecule has 1 N–H and O–H groups in total. The quantitative estimate of drug-likeness (QED) is 0.824. The molecule has 0 unspecified atom stereocenters. The van der Waals surface area contributed by atoms with Crippen LogP contribution in [-0.2, 0) is 6.42 Å². The SMILES string of the molecule is Cc1csc(CC2(CNCC(C)C)CC2)n1. The zero-order valence-electron chi connectivity index (χ0n) is 10.5. The molecular formula is C13H22N2S. The lowest BCUT2D eigenvalue weighted by Crippen LogP contribution is -2.28. The maximum atomic E-state index is 4.57. The summed E-state index contributed by atoms with van der Waals surface area (Å²) in [6, 6.07) is 0. The molecule has 0 aromatic carbocycles. The highest BCUT2D eigenvalue weighted by atomic mass is 32.1. The van der Waals surface area contributed by atoms with E-state index in [1.165, 1.54) is 36.5 Å². The molecule has 0 amide bonds. The van der Waals surface area contributed by atoms with Crippen LogP contribution in [0, 0.1) is 18.3 Å². The normalized spacial score (nSPS) is 18.0. The van der Waals surface area contributed by atoms with Crippen molar-refractivity contribution in [2.75, 3.05) is 13.1 Å². The minimum Gasteiger partial charge on any atom is -0.316 e. The fourth-order valence-electron chi connectivity index (χ4n) is 2.02. The van der Waals surface area contributed by atoms with Gasteiger partial charge in [0.25, 0.3) is 0 Å². The Bertz CT molecular complexity index is 339. The molecule has 0 bridgehead atoms. The Hall–Kier alpha value is -0.410. The van der Waals surface area contributed by atoms with E-state index in [2.05, 4.69) is 36.5 Å². The van der Waals surface area contributed by atoms with Crippen LogP contribution in [0.5, 0.6) is 0 Å². The molecule has 90 valence electrons. The molecule has 3 heteroatoms. The second-order valence-corrected chi connectivity index (χ2v) is 6.53. The van der Waals surface area contributed by atoms with Crippen LogP contribution in [0.4, 0.5) is 0 Å². The van der Waals surface area contributed by atoms with Gasteiger partial charge in [-0.2, -0.15) is 0 Å². The standard InChI is InChI=1S/C13H22N2S/c1-10(2)7-14-9-13(4-5-13)6-12-15-11(3)8-16-12/h8,10,14H,4-7,9H2,1-3H3. The average molecular weight is 238 g/mol. The van der Waals surface area contributed by atoms with Gasteiger partial charge < -0.3 is 5.32 Å². The van der Waals surface area contributed by atoms with Crippen LogP contribution in [0.1, 0.15) is 37.4 Å². The summed E-state index contributed by atoms with van der Waals surface area (Å²) in [6.07, 6.45) is 3.92. The molecule has 1 aliphatic rings. The Morgan fingerprint density at radius 2 is 2.25 bits per heavy atom. The molecule has 0 atom stereocenters. The fraction of sp³-hybridized carbons (Fsp3) is 0.769. The van der Waals surface area contributed by atoms with Gasteiger partial charge >= 0.3 is 0 Å². The summed E-state index contributed by atoms with van der Waals surface area (Å²) in [5, 5.41) is 7.07. The van der Waals surface area contributed by atoms with Gasteiger partial charge in [0.2, 0.25) is 0 Å². The first-order chi connectivity index (χ1) is 7.60. The first-order valence-electron chi connectivity index (χ1n) is 6.21. The summed E-state index contributed by atoms with van der Waals surface area (Å²) in [6.45, 7) is 8.91. The zero-order chi connectivity index (χ0) is 11.6. The lowest BCUT2D eigenvalue weighted by atomic mass is 10.0. The van der Waals surface area contributed by atoms with Crippen LogP contribution in [0.25, 0.3) is 0 Å². The molecule has 0 spiro atoms. The lowest BCUT2D eigenvalue weighted by molar-refractivity contribution is 0.431. The second-order valence-electron chi connectivity index (χ2n) is 5.58. The second kappa shape index (κ2) is 4.84. The van der Waals surface area contributed by atoms with E-state index in [9.17, 15) is 0 Å². The van der Waals surface area contributed by atoms with Gasteiger partial charge in [0.1, 0.15) is 0 Å². The summed E-state index contributed by atoms with van der Waals surface area (Å²) in [5.41, 5.74) is 1.71. The fourth-order valence-corrected chi connectivity index (χ4v) is 2.97. The van der Waals surface area contributed by atoms with Gasteiger partial charge in [-0.1, -0.05) is 13.8 Å². The van der Waals surface area contributed by atoms with Crippen molar-refractivity contribution in [1.29, 1.82) is 0 Å². The van der Waals surface area contributed by atoms with E-state index in [4.69, 9.17) is 0 Å². The van der Waals surface area contributed by atoms with Crippen molar-refractivity contribution in [1.82, 2.24) is 10.3 Å². The summed E-state index contributed by atoms with van der Waals surface area (Å²) in [5.74, 6) is 0.748. The van der Waals surface area contributed by atoms with Crippen LogP contribution in [0.3, 0.4) is 0 Å². The van der Waals surface area contributed by atoms with Crippen molar-refractivity contribution >= 4 is 11.3 Å². The number of rotatable bonds is 6. The van der Waals surface area contributed by atoms with Gasteiger partial charge in [0.05, 0.1) is 5.01 Å². The molecule has 0 aliphatic heterocycles. The van der Waals surface area contributed by atoms with Crippen molar-refractivity contribution < 1.29 is 0 Å². The maximum Gasteiger partial charge on any atom is 0.0934 e. The van der Waals surface area contributed by atoms with Crippen LogP contribution < -0.4 is 5.32 Å². The summed E-state index contributed by atoms with van der Waals surface area (Å²) in [4.78, 5) is 4.57. The van der Waals surface area contributed by atoms with Gasteiger partial charge in [-0.15, -0.1) is 11.3 Å². The minimum atomic E-state index is 0.541. The van der Waals surface area contributed by atoms with Gasteiger partial charge in [0.15, 0.2) is 0 Å². The Morgan fingerprint density at radius 1 is 1.50 bits per heavy atom. The lowest BCUT2D eigenvalue weighted by Gasteiger charge is -2.15. The van der Waals surface area contributed by atoms with Crippen molar-refractivity contribution in [3.63, 3.8) is 0 Å². The summed E-state index contributed by atoms with van der Waals surface area (Å²) in [7, 11) is 0. The van der Waals surface area contributed by atoms with E-state index in [1.807, 2.05) is 11.3 Å². The highest BCUT2D eigenvalue weighted by molar-refractivity contribution is 7.09. The van der Waals surface area contributed by atoms with Crippen molar-refractivity contribution in [3.8, 4) is 0 Å². The number of hydrogen-bond acceptors (Lipinski definition) is 3. The third kappa shape index (κ3) is 3.29. The van der Waals surface area contributed by atoms with Crippen LogP contribution in [0.2, 0.25) is 0 Å². The Kier molecular flexibility index (Phi) is 3.65. The minimum absolute atomic E-state index is 0.541. The zero-order valence-corrected chi connectivity index (χ0v) is 11.4. The van der Waals surface area contributed by atoms with Crippen molar-refractivity contribution in [2.45, 2.75) is 40.0 Å². The number of aromatic nitrogens is 1. The number of aryl methyl sites for hydroxylation is 1. The highest BCUT2D eigenvalue weighted by Gasteiger charge is 2.42. The largest absolute Gasteiger partial charge is 0.316 e. The predicted molar refractivity (Wildman–Crippen MR) is 69.9 cm³/mol. The molecule has 1 aromatic rings. The molecule has 1 heterocycles. The highest BCUT2D eigenvalue weighted by Crippen LogP contribution is 2.48. The van der Waals surface area contributed by atoms with E-state index in [-0.39, 0.29) is 0 Å². The van der Waals surface area contributed by atoms with Crippen LogP contribution in [0.15, 0.2) is 5.38 Å². The molecular weight excluding hydrogens is 216 g/mol. The maximum absolute atomic E-state index is 4.57. The first-order valence-corrected chi connectivity index (χ1v) is 7.09. The van der Waals surface area contributed by atoms with Crippen molar-refractivity contribution in [2.24, 2.45) is 11.3 Å². The summed E-state index contributed by atoms with van der Waals surface area (Å²) < 4.78 is 0. The van der Waals surface area contributed by atoms with Gasteiger partial charge in [0, 0.05) is 24.0 Å². The Labute approximate surface area is 102 Å². The number of nitrogens with one attached hydrogen (secondary N) is 1. The molecule has 1 fully saturated rings. The predicted octanol–water partition coefficient (Wildman–Crippen LogP) is 3.02. The van der Waals surface area contributed by atoms with Gasteiger partial charge in [-0.25, -0.2) is 4.98 Å². The van der Waals surface area contributed by atoms with Crippen LogP contribution in [-0.4, -0.2) is 18.1 Å². The van der Waals surface area contributed by atoms with Crippen LogP contribution >= 0.6 is 11.3 Å². The molecule has 0 saturated heterocycles. The van der Waals surface area contributed by atoms with E-state index in [0.29, 0.717) is 5.41 Å². The number of thiazole rings is 1. The molecule has 1 aliphatic carbocycles. The summed E-state index contributed by atoms with van der Waals surface area (Å²) >= 11 is 1.82. The molecule has 1 saturated carbocycles. The third-order valence-electron chi connectivity index (χ3n) is 3.20. The monoisotopic (exact) mass is 238 g/mol.